The summed E-state index contributed by atoms with van der Waals surface area (Å²) in [6.07, 6.45) is 1.83. The summed E-state index contributed by atoms with van der Waals surface area (Å²) in [4.78, 5) is 17.2. The second kappa shape index (κ2) is 6.41. The molecule has 0 aromatic heterocycles. The summed E-state index contributed by atoms with van der Waals surface area (Å²) in [6.45, 7) is 0.779. The molecule has 0 saturated carbocycles. The third kappa shape index (κ3) is 3.14. The number of thioether (sulfide) groups is 1. The van der Waals surface area contributed by atoms with E-state index in [1.54, 1.807) is 0 Å². The van der Waals surface area contributed by atoms with Gasteiger partial charge in [-0.25, -0.2) is 0 Å². The van der Waals surface area contributed by atoms with E-state index >= 15 is 0 Å². The van der Waals surface area contributed by atoms with Gasteiger partial charge in [-0.15, -0.1) is 0 Å². The van der Waals surface area contributed by atoms with Crippen LogP contribution in [0.15, 0.2) is 58.4 Å². The lowest BCUT2D eigenvalue weighted by atomic mass is 10.2. The molecule has 0 bridgehead atoms. The molecule has 0 unspecified atom stereocenters. The van der Waals surface area contributed by atoms with Gasteiger partial charge in [-0.1, -0.05) is 36.4 Å². The van der Waals surface area contributed by atoms with Crippen LogP contribution in [0.5, 0.6) is 11.5 Å². The molecule has 2 aromatic rings. The Bertz CT molecular complexity index is 847. The van der Waals surface area contributed by atoms with Crippen molar-refractivity contribution in [1.82, 2.24) is 5.32 Å². The third-order valence-electron chi connectivity index (χ3n) is 3.59. The zero-order chi connectivity index (χ0) is 16.4. The predicted molar refractivity (Wildman–Crippen MR) is 93.9 cm³/mol. The molecule has 0 spiro atoms. The molecule has 2 aromatic carbocycles. The summed E-state index contributed by atoms with van der Waals surface area (Å²) in [6, 6.07) is 15.5. The summed E-state index contributed by atoms with van der Waals surface area (Å²) in [5, 5.41) is 3.42. The molecular weight excluding hydrogens is 324 g/mol. The molecule has 2 aliphatic heterocycles. The number of aliphatic imine (C=N–C) groups is 1. The maximum Gasteiger partial charge on any atom is 0.264 e. The molecule has 1 N–H and O–H groups in total. The first-order valence-electron chi connectivity index (χ1n) is 7.47. The number of nitrogens with one attached hydrogen (secondary N) is 1. The molecule has 0 atom stereocenters. The van der Waals surface area contributed by atoms with E-state index in [1.807, 2.05) is 54.6 Å². The molecule has 1 fully saturated rings. The van der Waals surface area contributed by atoms with Gasteiger partial charge >= 0.3 is 0 Å². The van der Waals surface area contributed by atoms with Crippen LogP contribution in [0.4, 0.5) is 0 Å². The largest absolute Gasteiger partial charge is 0.454 e. The fraction of sp³-hybridized carbons (Fsp3) is 0.111. The Morgan fingerprint density at radius 1 is 1.12 bits per heavy atom. The van der Waals surface area contributed by atoms with Gasteiger partial charge in [0.05, 0.1) is 11.4 Å². The van der Waals surface area contributed by atoms with E-state index in [1.165, 1.54) is 11.8 Å². The van der Waals surface area contributed by atoms with Crippen LogP contribution in [-0.4, -0.2) is 17.9 Å². The number of hydrogen-bond donors (Lipinski definition) is 1. The monoisotopic (exact) mass is 338 g/mol. The molecule has 24 heavy (non-hydrogen) atoms. The number of amidine groups is 1. The molecular formula is C18H14N2O3S. The summed E-state index contributed by atoms with van der Waals surface area (Å²) < 4.78 is 10.6. The Kier molecular flexibility index (Phi) is 3.96. The second-order valence-corrected chi connectivity index (χ2v) is 6.32. The zero-order valence-electron chi connectivity index (χ0n) is 12.7. The highest BCUT2D eigenvalue weighted by atomic mass is 32.2. The molecule has 2 heterocycles. The van der Waals surface area contributed by atoms with Gasteiger partial charge in [0.1, 0.15) is 0 Å². The maximum absolute atomic E-state index is 12.1. The lowest BCUT2D eigenvalue weighted by Gasteiger charge is -1.98. The number of carbonyl (C=O) groups is 1. The highest BCUT2D eigenvalue weighted by Gasteiger charge is 2.24. The minimum absolute atomic E-state index is 0.135. The minimum Gasteiger partial charge on any atom is -0.454 e. The van der Waals surface area contributed by atoms with Crippen LogP contribution in [0.3, 0.4) is 0 Å². The van der Waals surface area contributed by atoms with Crippen molar-refractivity contribution in [3.8, 4) is 11.5 Å². The van der Waals surface area contributed by atoms with Crippen LogP contribution in [0.2, 0.25) is 0 Å². The van der Waals surface area contributed by atoms with Crippen molar-refractivity contribution in [3.05, 3.63) is 64.6 Å². The van der Waals surface area contributed by atoms with Crippen LogP contribution in [0, 0.1) is 0 Å². The average molecular weight is 338 g/mol. The first kappa shape index (κ1) is 14.8. The molecule has 5 nitrogen and oxygen atoms in total. The van der Waals surface area contributed by atoms with Gasteiger partial charge in [0, 0.05) is 0 Å². The molecule has 2 aliphatic rings. The number of fused-ring (bicyclic) bond motifs is 1. The van der Waals surface area contributed by atoms with E-state index in [2.05, 4.69) is 10.3 Å². The van der Waals surface area contributed by atoms with Gasteiger partial charge in [0.25, 0.3) is 5.91 Å². The van der Waals surface area contributed by atoms with Gasteiger partial charge < -0.3 is 14.8 Å². The van der Waals surface area contributed by atoms with Crippen LogP contribution in [0.25, 0.3) is 6.08 Å². The number of amides is 1. The van der Waals surface area contributed by atoms with Crippen LogP contribution >= 0.6 is 11.8 Å². The number of hydrogen-bond acceptors (Lipinski definition) is 5. The van der Waals surface area contributed by atoms with E-state index in [-0.39, 0.29) is 12.7 Å². The van der Waals surface area contributed by atoms with Crippen molar-refractivity contribution in [3.63, 3.8) is 0 Å². The average Bonchev–Trinajstić information content (AvgIpc) is 3.20. The van der Waals surface area contributed by atoms with E-state index in [9.17, 15) is 4.79 Å². The summed E-state index contributed by atoms with van der Waals surface area (Å²) in [5.41, 5.74) is 1.99. The topological polar surface area (TPSA) is 59.9 Å². The van der Waals surface area contributed by atoms with Crippen molar-refractivity contribution < 1.29 is 14.3 Å². The van der Waals surface area contributed by atoms with E-state index < -0.39 is 0 Å². The van der Waals surface area contributed by atoms with Gasteiger partial charge in [-0.3, -0.25) is 9.79 Å². The fourth-order valence-corrected chi connectivity index (χ4v) is 3.22. The Morgan fingerprint density at radius 2 is 1.96 bits per heavy atom. The Morgan fingerprint density at radius 3 is 2.83 bits per heavy atom. The van der Waals surface area contributed by atoms with Gasteiger partial charge in [-0.05, 0) is 41.1 Å². The van der Waals surface area contributed by atoms with E-state index in [0.29, 0.717) is 22.4 Å². The summed E-state index contributed by atoms with van der Waals surface area (Å²) in [5.74, 6) is 1.29. The Hall–Kier alpha value is -2.73. The Labute approximate surface area is 143 Å². The molecule has 4 rings (SSSR count). The van der Waals surface area contributed by atoms with Crippen LogP contribution in [0.1, 0.15) is 11.1 Å². The minimum atomic E-state index is -0.135. The third-order valence-corrected chi connectivity index (χ3v) is 4.54. The van der Waals surface area contributed by atoms with Gasteiger partial charge in [-0.2, -0.15) is 0 Å². The Balaban J connectivity index is 1.49. The summed E-state index contributed by atoms with van der Waals surface area (Å²) >= 11 is 1.34. The number of benzene rings is 2. The number of carbonyl (C=O) groups excluding carboxylic acids is 1. The van der Waals surface area contributed by atoms with Gasteiger partial charge in [0.15, 0.2) is 16.7 Å². The normalized spacial score (nSPS) is 19.1. The fourth-order valence-electron chi connectivity index (χ4n) is 2.40. The number of nitrogens with zero attached hydrogens (tertiary/aromatic N) is 1. The van der Waals surface area contributed by atoms with Crippen molar-refractivity contribution in [2.24, 2.45) is 4.99 Å². The summed E-state index contributed by atoms with van der Waals surface area (Å²) in [7, 11) is 0. The molecule has 120 valence electrons. The zero-order valence-corrected chi connectivity index (χ0v) is 13.5. The first-order valence-corrected chi connectivity index (χ1v) is 8.28. The number of ether oxygens (including phenoxy) is 2. The first-order chi connectivity index (χ1) is 11.8. The highest BCUT2D eigenvalue weighted by Crippen LogP contribution is 2.34. The predicted octanol–water partition coefficient (Wildman–Crippen LogP) is 3.18. The lowest BCUT2D eigenvalue weighted by Crippen LogP contribution is -2.19. The smallest absolute Gasteiger partial charge is 0.264 e. The standard InChI is InChI=1S/C18H14N2O3S/c21-17-16(9-13-6-7-14-15(8-13)23-11-22-14)24-18(20-17)19-10-12-4-2-1-3-5-12/h1-9H,10-11H2,(H,19,20,21). The van der Waals surface area contributed by atoms with Crippen LogP contribution < -0.4 is 14.8 Å². The molecule has 1 saturated heterocycles. The molecule has 6 heteroatoms. The SMILES string of the molecule is O=C1NC(=NCc2ccccc2)SC1=Cc1ccc2c(c1)OCO2. The molecule has 0 aliphatic carbocycles. The second-order valence-electron chi connectivity index (χ2n) is 5.28. The molecule has 0 radical (unpaired) electrons. The van der Waals surface area contributed by atoms with Crippen molar-refractivity contribution in [2.45, 2.75) is 6.54 Å². The van der Waals surface area contributed by atoms with E-state index in [0.717, 1.165) is 16.9 Å². The lowest BCUT2D eigenvalue weighted by molar-refractivity contribution is -0.115. The van der Waals surface area contributed by atoms with Crippen molar-refractivity contribution in [1.29, 1.82) is 0 Å². The molecule has 1 amide bonds. The van der Waals surface area contributed by atoms with Crippen LogP contribution in [-0.2, 0) is 11.3 Å². The quantitative estimate of drug-likeness (QED) is 0.873. The van der Waals surface area contributed by atoms with Gasteiger partial charge in [0.2, 0.25) is 6.79 Å². The van der Waals surface area contributed by atoms with Crippen molar-refractivity contribution in [2.75, 3.05) is 6.79 Å². The van der Waals surface area contributed by atoms with Crippen molar-refractivity contribution >= 4 is 28.9 Å². The van der Waals surface area contributed by atoms with E-state index in [4.69, 9.17) is 9.47 Å². The number of rotatable bonds is 3. The highest BCUT2D eigenvalue weighted by molar-refractivity contribution is 8.18. The maximum atomic E-state index is 12.1.